The van der Waals surface area contributed by atoms with Gasteiger partial charge in [-0.1, -0.05) is 25.4 Å². The molecule has 1 atom stereocenters. The molecule has 1 aliphatic heterocycles. The number of benzene rings is 1. The van der Waals surface area contributed by atoms with Crippen LogP contribution in [0.1, 0.15) is 30.6 Å². The SMILES string of the molecule is CC(C)C[C@H](NC(=O)c1ccc(Cl)cc1)C(=O)OCC(=O)N1CCNC1=O. The Morgan fingerprint density at radius 3 is 2.48 bits per heavy atom. The Labute approximate surface area is 162 Å². The summed E-state index contributed by atoms with van der Waals surface area (Å²) in [6.07, 6.45) is 0.344. The highest BCUT2D eigenvalue weighted by molar-refractivity contribution is 6.30. The van der Waals surface area contributed by atoms with Crippen LogP contribution >= 0.6 is 11.6 Å². The topological polar surface area (TPSA) is 105 Å². The van der Waals surface area contributed by atoms with E-state index < -0.39 is 36.5 Å². The van der Waals surface area contributed by atoms with Crippen molar-refractivity contribution in [2.24, 2.45) is 5.92 Å². The van der Waals surface area contributed by atoms with Crippen LogP contribution in [0.2, 0.25) is 5.02 Å². The second-order valence-corrected chi connectivity index (χ2v) is 6.98. The van der Waals surface area contributed by atoms with Gasteiger partial charge in [-0.05, 0) is 36.6 Å². The third kappa shape index (κ3) is 5.96. The highest BCUT2D eigenvalue weighted by atomic mass is 35.5. The Morgan fingerprint density at radius 2 is 1.93 bits per heavy atom. The number of hydrogen-bond donors (Lipinski definition) is 2. The van der Waals surface area contributed by atoms with E-state index in [0.717, 1.165) is 4.90 Å². The molecular formula is C18H22ClN3O5. The molecule has 8 nitrogen and oxygen atoms in total. The van der Waals surface area contributed by atoms with Crippen LogP contribution < -0.4 is 10.6 Å². The molecule has 9 heteroatoms. The van der Waals surface area contributed by atoms with E-state index in [1.54, 1.807) is 24.3 Å². The van der Waals surface area contributed by atoms with Crippen LogP contribution in [-0.2, 0) is 14.3 Å². The van der Waals surface area contributed by atoms with E-state index >= 15 is 0 Å². The zero-order chi connectivity index (χ0) is 20.0. The number of rotatable bonds is 7. The summed E-state index contributed by atoms with van der Waals surface area (Å²) in [6, 6.07) is 4.83. The molecule has 2 N–H and O–H groups in total. The lowest BCUT2D eigenvalue weighted by atomic mass is 10.0. The van der Waals surface area contributed by atoms with Gasteiger partial charge in [-0.2, -0.15) is 0 Å². The van der Waals surface area contributed by atoms with Crippen LogP contribution in [0, 0.1) is 5.92 Å². The van der Waals surface area contributed by atoms with Gasteiger partial charge >= 0.3 is 12.0 Å². The summed E-state index contributed by atoms with van der Waals surface area (Å²) in [6.45, 7) is 3.84. The number of carbonyl (C=O) groups excluding carboxylic acids is 4. The van der Waals surface area contributed by atoms with Gasteiger partial charge in [-0.25, -0.2) is 9.59 Å². The number of amides is 4. The number of hydrogen-bond acceptors (Lipinski definition) is 5. The van der Waals surface area contributed by atoms with E-state index in [0.29, 0.717) is 23.6 Å². The first-order chi connectivity index (χ1) is 12.8. The Hall–Kier alpha value is -2.61. The number of nitrogens with zero attached hydrogens (tertiary/aromatic N) is 1. The molecule has 0 aliphatic carbocycles. The molecule has 1 fully saturated rings. The molecule has 4 amide bonds. The molecule has 1 heterocycles. The van der Waals surface area contributed by atoms with Gasteiger partial charge in [-0.15, -0.1) is 0 Å². The van der Waals surface area contributed by atoms with Crippen molar-refractivity contribution >= 4 is 35.4 Å². The Kier molecular flexibility index (Phi) is 7.18. The van der Waals surface area contributed by atoms with Crippen molar-refractivity contribution in [2.45, 2.75) is 26.3 Å². The zero-order valence-corrected chi connectivity index (χ0v) is 15.9. The smallest absolute Gasteiger partial charge is 0.329 e. The number of nitrogens with one attached hydrogen (secondary N) is 2. The van der Waals surface area contributed by atoms with Gasteiger partial charge in [0.15, 0.2) is 6.61 Å². The van der Waals surface area contributed by atoms with Crippen LogP contribution in [0.5, 0.6) is 0 Å². The lowest BCUT2D eigenvalue weighted by molar-refractivity contribution is -0.152. The summed E-state index contributed by atoms with van der Waals surface area (Å²) in [5, 5.41) is 5.61. The van der Waals surface area contributed by atoms with Gasteiger partial charge in [0.05, 0.1) is 0 Å². The Balaban J connectivity index is 1.96. The quantitative estimate of drug-likeness (QED) is 0.682. The van der Waals surface area contributed by atoms with Crippen LogP contribution in [0.3, 0.4) is 0 Å². The first kappa shape index (κ1) is 20.7. The van der Waals surface area contributed by atoms with Gasteiger partial charge in [0.25, 0.3) is 11.8 Å². The average Bonchev–Trinajstić information content (AvgIpc) is 3.05. The first-order valence-electron chi connectivity index (χ1n) is 8.59. The predicted octanol–water partition coefficient (Wildman–Crippen LogP) is 1.58. The molecule has 0 unspecified atom stereocenters. The van der Waals surface area contributed by atoms with Gasteiger partial charge in [0, 0.05) is 23.7 Å². The normalized spacial score (nSPS) is 14.7. The third-order valence-corrected chi connectivity index (χ3v) is 4.15. The molecule has 1 aromatic rings. The number of carbonyl (C=O) groups is 4. The van der Waals surface area contributed by atoms with E-state index in [1.165, 1.54) is 0 Å². The van der Waals surface area contributed by atoms with Gasteiger partial charge in [0.2, 0.25) is 0 Å². The fraction of sp³-hybridized carbons (Fsp3) is 0.444. The largest absolute Gasteiger partial charge is 0.454 e. The molecule has 1 saturated heterocycles. The highest BCUT2D eigenvalue weighted by Crippen LogP contribution is 2.12. The molecule has 1 aromatic carbocycles. The summed E-state index contributed by atoms with van der Waals surface area (Å²) in [4.78, 5) is 49.1. The summed E-state index contributed by atoms with van der Waals surface area (Å²) < 4.78 is 5.04. The molecule has 146 valence electrons. The van der Waals surface area contributed by atoms with Crippen molar-refractivity contribution < 1.29 is 23.9 Å². The van der Waals surface area contributed by atoms with Crippen molar-refractivity contribution in [3.63, 3.8) is 0 Å². The van der Waals surface area contributed by atoms with Crippen molar-refractivity contribution in [2.75, 3.05) is 19.7 Å². The molecule has 2 rings (SSSR count). The van der Waals surface area contributed by atoms with Crippen molar-refractivity contribution in [1.29, 1.82) is 0 Å². The summed E-state index contributed by atoms with van der Waals surface area (Å²) in [5.74, 6) is -1.67. The number of imide groups is 1. The van der Waals surface area contributed by atoms with E-state index in [4.69, 9.17) is 16.3 Å². The summed E-state index contributed by atoms with van der Waals surface area (Å²) >= 11 is 5.81. The van der Waals surface area contributed by atoms with Crippen molar-refractivity contribution in [1.82, 2.24) is 15.5 Å². The van der Waals surface area contributed by atoms with Gasteiger partial charge < -0.3 is 15.4 Å². The highest BCUT2D eigenvalue weighted by Gasteiger charge is 2.29. The van der Waals surface area contributed by atoms with E-state index in [9.17, 15) is 19.2 Å². The second-order valence-electron chi connectivity index (χ2n) is 6.55. The summed E-state index contributed by atoms with van der Waals surface area (Å²) in [7, 11) is 0. The molecule has 27 heavy (non-hydrogen) atoms. The Bertz CT molecular complexity index is 720. The zero-order valence-electron chi connectivity index (χ0n) is 15.2. The minimum absolute atomic E-state index is 0.105. The standard InChI is InChI=1S/C18H22ClN3O5/c1-11(2)9-14(21-16(24)12-3-5-13(19)6-4-12)17(25)27-10-15(23)22-8-7-20-18(22)26/h3-6,11,14H,7-10H2,1-2H3,(H,20,26)(H,21,24)/t14-/m0/s1. The van der Waals surface area contributed by atoms with Crippen molar-refractivity contribution in [3.05, 3.63) is 34.9 Å². The molecule has 0 radical (unpaired) electrons. The third-order valence-electron chi connectivity index (χ3n) is 3.90. The van der Waals surface area contributed by atoms with Crippen LogP contribution in [-0.4, -0.2) is 54.5 Å². The number of ether oxygens (including phenoxy) is 1. The van der Waals surface area contributed by atoms with Crippen LogP contribution in [0.15, 0.2) is 24.3 Å². The van der Waals surface area contributed by atoms with Crippen molar-refractivity contribution in [3.8, 4) is 0 Å². The number of halogens is 1. The molecule has 0 saturated carbocycles. The lowest BCUT2D eigenvalue weighted by Gasteiger charge is -2.20. The first-order valence-corrected chi connectivity index (χ1v) is 8.97. The maximum atomic E-state index is 12.4. The van der Waals surface area contributed by atoms with Gasteiger partial charge in [0.1, 0.15) is 6.04 Å². The second kappa shape index (κ2) is 9.36. The molecule has 1 aliphatic rings. The lowest BCUT2D eigenvalue weighted by Crippen LogP contribution is -2.44. The Morgan fingerprint density at radius 1 is 1.26 bits per heavy atom. The molecule has 0 spiro atoms. The van der Waals surface area contributed by atoms with E-state index in [2.05, 4.69) is 10.6 Å². The maximum Gasteiger partial charge on any atom is 0.329 e. The minimum Gasteiger partial charge on any atom is -0.454 e. The molecule has 0 bridgehead atoms. The average molecular weight is 396 g/mol. The molecule has 0 aromatic heterocycles. The fourth-order valence-electron chi connectivity index (χ4n) is 2.55. The minimum atomic E-state index is -0.909. The molecular weight excluding hydrogens is 374 g/mol. The summed E-state index contributed by atoms with van der Waals surface area (Å²) in [5.41, 5.74) is 0.353. The van der Waals surface area contributed by atoms with Crippen LogP contribution in [0.25, 0.3) is 0 Å². The number of esters is 1. The fourth-order valence-corrected chi connectivity index (χ4v) is 2.68. The number of urea groups is 1. The maximum absolute atomic E-state index is 12.4. The predicted molar refractivity (Wildman–Crippen MR) is 98.2 cm³/mol. The van der Waals surface area contributed by atoms with Crippen LogP contribution in [0.4, 0.5) is 4.79 Å². The van der Waals surface area contributed by atoms with E-state index in [1.807, 2.05) is 13.8 Å². The van der Waals surface area contributed by atoms with Gasteiger partial charge in [-0.3, -0.25) is 14.5 Å². The van der Waals surface area contributed by atoms with E-state index in [-0.39, 0.29) is 12.5 Å². The monoisotopic (exact) mass is 395 g/mol.